The fourth-order valence-corrected chi connectivity index (χ4v) is 21.4. The second kappa shape index (κ2) is 23.6. The van der Waals surface area contributed by atoms with Crippen molar-refractivity contribution in [1.29, 1.82) is 0 Å². The lowest BCUT2D eigenvalue weighted by atomic mass is 9.81. The summed E-state index contributed by atoms with van der Waals surface area (Å²) in [6, 6.07) is 122. The van der Waals surface area contributed by atoms with Gasteiger partial charge in [0.05, 0.1) is 11.0 Å². The van der Waals surface area contributed by atoms with Crippen molar-refractivity contribution in [2.24, 2.45) is 0 Å². The van der Waals surface area contributed by atoms with E-state index in [9.17, 15) is 0 Å². The van der Waals surface area contributed by atoms with E-state index >= 15 is 0 Å². The highest BCUT2D eigenvalue weighted by molar-refractivity contribution is 9.10. The summed E-state index contributed by atoms with van der Waals surface area (Å²) in [5, 5.41) is 23.9. The summed E-state index contributed by atoms with van der Waals surface area (Å²) in [4.78, 5) is 0. The number of benzene rings is 18. The van der Waals surface area contributed by atoms with Gasteiger partial charge in [0.2, 0.25) is 0 Å². The van der Waals surface area contributed by atoms with Gasteiger partial charge in [-0.05, 0) is 263 Å². The maximum atomic E-state index is 3.49. The van der Waals surface area contributed by atoms with Crippen molar-refractivity contribution >= 4 is 165 Å². The van der Waals surface area contributed by atoms with E-state index in [2.05, 4.69) is 376 Å². The van der Waals surface area contributed by atoms with Gasteiger partial charge in [0.1, 0.15) is 0 Å². The van der Waals surface area contributed by atoms with Crippen LogP contribution in [-0.4, -0.2) is 4.57 Å². The predicted octanol–water partition coefficient (Wildman–Crippen LogP) is 30.1. The minimum atomic E-state index is -0.0904. The van der Waals surface area contributed by atoms with Crippen LogP contribution in [-0.2, 0) is 17.3 Å². The van der Waals surface area contributed by atoms with Crippen molar-refractivity contribution in [3.63, 3.8) is 0 Å². The molecule has 1 nitrogen and oxygen atoms in total. The number of nitrogens with zero attached hydrogens (tertiary/aromatic N) is 1. The third kappa shape index (κ3) is 9.52. The molecule has 21 aromatic rings. The first kappa shape index (κ1) is 62.6. The maximum absolute atomic E-state index is 3.49. The zero-order chi connectivity index (χ0) is 71.1. The molecular weight excluding hydrogens is 1400 g/mol. The molecule has 3 aliphatic rings. The van der Waals surface area contributed by atoms with E-state index in [4.69, 9.17) is 0 Å². The van der Waals surface area contributed by atoms with E-state index in [0.717, 1.165) is 10.9 Å². The summed E-state index contributed by atoms with van der Waals surface area (Å²) in [6.45, 7) is 9.51. The highest BCUT2D eigenvalue weighted by atomic mass is 79.9. The van der Waals surface area contributed by atoms with Crippen LogP contribution in [0.5, 0.6) is 0 Å². The van der Waals surface area contributed by atoms with E-state index in [1.807, 2.05) is 22.7 Å². The molecule has 0 aliphatic heterocycles. The number of hydrogen-bond donors (Lipinski definition) is 0. The normalized spacial score (nSPS) is 13.6. The number of thiophene rings is 2. The minimum absolute atomic E-state index is 0.0485. The van der Waals surface area contributed by atoms with E-state index < -0.39 is 0 Å². The molecule has 0 N–H and O–H groups in total. The lowest BCUT2D eigenvalue weighted by molar-refractivity contribution is 0.659. The molecular formula is C103H68BrNS2. The summed E-state index contributed by atoms with van der Waals surface area (Å²) in [5.41, 5.74) is 25.6. The zero-order valence-electron chi connectivity index (χ0n) is 59.5. The predicted molar refractivity (Wildman–Crippen MR) is 466 cm³/mol. The smallest absolute Gasteiger partial charge is 0.0547 e. The van der Waals surface area contributed by atoms with Crippen molar-refractivity contribution in [2.45, 2.75) is 44.9 Å². The van der Waals surface area contributed by atoms with Gasteiger partial charge in [-0.2, -0.15) is 0 Å². The van der Waals surface area contributed by atoms with E-state index in [1.54, 1.807) is 0 Å². The molecule has 107 heavy (non-hydrogen) atoms. The molecule has 0 atom stereocenters. The molecule has 0 unspecified atom stereocenters. The first-order valence-electron chi connectivity index (χ1n) is 37.2. The van der Waals surface area contributed by atoms with E-state index in [-0.39, 0.29) is 10.8 Å². The minimum Gasteiger partial charge on any atom is -0.309 e. The van der Waals surface area contributed by atoms with Crippen LogP contribution in [0, 0.1) is 0 Å². The first-order valence-corrected chi connectivity index (χ1v) is 39.7. The van der Waals surface area contributed by atoms with E-state index in [0.29, 0.717) is 0 Å². The van der Waals surface area contributed by atoms with Crippen molar-refractivity contribution in [2.75, 3.05) is 0 Å². The topological polar surface area (TPSA) is 4.93 Å². The third-order valence-corrected chi connectivity index (χ3v) is 27.0. The summed E-state index contributed by atoms with van der Waals surface area (Å²) < 4.78 is 9.02. The highest BCUT2D eigenvalue weighted by Crippen LogP contribution is 2.55. The molecule has 0 radical (unpaired) electrons. The van der Waals surface area contributed by atoms with E-state index in [1.165, 1.54) is 221 Å². The molecule has 24 rings (SSSR count). The molecule has 4 heteroatoms. The Bertz CT molecular complexity index is 7400. The Morgan fingerprint density at radius 1 is 0.243 bits per heavy atom. The first-order chi connectivity index (χ1) is 52.4. The Morgan fingerprint density at radius 3 is 1.12 bits per heavy atom. The molecule has 0 saturated heterocycles. The molecule has 504 valence electrons. The number of hydrogen-bond acceptors (Lipinski definition) is 2. The Balaban J connectivity index is 0.000000112. The molecule has 18 aromatic carbocycles. The monoisotopic (exact) mass is 1460 g/mol. The lowest BCUT2D eigenvalue weighted by Gasteiger charge is -2.22. The Hall–Kier alpha value is -11.8. The molecule has 3 aliphatic carbocycles. The van der Waals surface area contributed by atoms with Crippen LogP contribution < -0.4 is 0 Å². The number of rotatable bonds is 3. The Labute approximate surface area is 636 Å². The average Bonchev–Trinajstić information content (AvgIpc) is 1.51. The van der Waals surface area contributed by atoms with Crippen LogP contribution in [0.2, 0.25) is 0 Å². The van der Waals surface area contributed by atoms with Crippen LogP contribution in [0.4, 0.5) is 0 Å². The highest BCUT2D eigenvalue weighted by Gasteiger charge is 2.39. The standard InChI is InChI=1S/C51H33NS.C34H24.C18H11BrS/c1-51(2)45-17-9-7-15-37(45)41-27-43-42-26-39-35-13-5-3-11-33(35)34-12-4-6-14-36(34)40(39)28-47(42)52(48(43)29-46(41)51)32-22-19-30(20-23-32)31-21-24-50-44(25-31)38-16-8-10-18-49(38)53-50;1-34(2)32-14-8-7-13-26(32)31-19-28-21(17-33(31)34)15-20-16-29-24-11-5-3-9-22(24)23-10-4-6-12-25(23)30(29)18-27(20)28;19-14-8-5-12(6-9-14)13-7-10-18-16(11-13)15-3-1-2-4-17(15)20-18/h3-29H,1-2H3;3-14,16-19H,15H2,1-2H3;1-11H. The Kier molecular flexibility index (Phi) is 13.8. The van der Waals surface area contributed by atoms with Gasteiger partial charge in [-0.3, -0.25) is 0 Å². The summed E-state index contributed by atoms with van der Waals surface area (Å²) in [6.07, 6.45) is 1.02. The number of aromatic nitrogens is 1. The molecule has 0 fully saturated rings. The fraction of sp³-hybridized carbons (Fsp3) is 0.0680. The van der Waals surface area contributed by atoms with Crippen molar-refractivity contribution in [3.8, 4) is 61.3 Å². The van der Waals surface area contributed by atoms with Crippen molar-refractivity contribution in [1.82, 2.24) is 4.57 Å². The molecule has 3 aromatic heterocycles. The van der Waals surface area contributed by atoms with Gasteiger partial charge in [-0.1, -0.05) is 268 Å². The van der Waals surface area contributed by atoms with Crippen LogP contribution in [0.1, 0.15) is 61.1 Å². The molecule has 0 bridgehead atoms. The molecule has 0 saturated carbocycles. The van der Waals surface area contributed by atoms with Crippen molar-refractivity contribution in [3.05, 3.63) is 365 Å². The molecule has 3 heterocycles. The zero-order valence-corrected chi connectivity index (χ0v) is 62.7. The molecule has 0 spiro atoms. The molecule has 0 amide bonds. The van der Waals surface area contributed by atoms with Crippen LogP contribution in [0.25, 0.3) is 188 Å². The average molecular weight is 1460 g/mol. The maximum Gasteiger partial charge on any atom is 0.0547 e. The Morgan fingerprint density at radius 2 is 0.598 bits per heavy atom. The van der Waals surface area contributed by atoms with Crippen molar-refractivity contribution < 1.29 is 0 Å². The lowest BCUT2D eigenvalue weighted by Crippen LogP contribution is -2.15. The fourth-order valence-electron chi connectivity index (χ4n) is 18.9. The summed E-state index contributed by atoms with van der Waals surface area (Å²) in [7, 11) is 0. The third-order valence-electron chi connectivity index (χ3n) is 24.2. The SMILES string of the molecule is Brc1ccc(-c2ccc3sc4ccccc4c3c2)cc1.CC1(C)c2ccccc2-c2cc3c(cc21)Cc1cc2c4ccccc4c4ccccc4c2cc1-3.CC1(C)c2ccccc2-c2cc3c4cc5c6ccccc6c6ccccc6c5cc4n(-c4ccc(-c5ccc6sc7ccccc7c6c5)cc4)c3cc21. The van der Waals surface area contributed by atoms with Gasteiger partial charge in [0, 0.05) is 72.1 Å². The van der Waals surface area contributed by atoms with Gasteiger partial charge >= 0.3 is 0 Å². The quantitative estimate of drug-likeness (QED) is 0.155. The number of halogens is 1. The van der Waals surface area contributed by atoms with Crippen LogP contribution in [0.15, 0.2) is 332 Å². The van der Waals surface area contributed by atoms with Gasteiger partial charge in [0.15, 0.2) is 0 Å². The summed E-state index contributed by atoms with van der Waals surface area (Å²) >= 11 is 7.22. The number of fused-ring (bicyclic) bond motifs is 30. The van der Waals surface area contributed by atoms with Gasteiger partial charge in [0.25, 0.3) is 0 Å². The largest absolute Gasteiger partial charge is 0.309 e. The van der Waals surface area contributed by atoms with Gasteiger partial charge in [-0.25, -0.2) is 0 Å². The van der Waals surface area contributed by atoms with Crippen LogP contribution in [0.3, 0.4) is 0 Å². The van der Waals surface area contributed by atoms with Gasteiger partial charge in [-0.15, -0.1) is 22.7 Å². The second-order valence-corrected chi connectivity index (χ2v) is 33.7. The van der Waals surface area contributed by atoms with Gasteiger partial charge < -0.3 is 4.57 Å². The second-order valence-electron chi connectivity index (χ2n) is 30.6. The summed E-state index contributed by atoms with van der Waals surface area (Å²) in [5.74, 6) is 0. The van der Waals surface area contributed by atoms with Crippen LogP contribution >= 0.6 is 38.6 Å².